The highest BCUT2D eigenvalue weighted by molar-refractivity contribution is 5.97. The maximum Gasteiger partial charge on any atom is 0.346 e. The molecule has 0 fully saturated rings. The molecule has 0 unspecified atom stereocenters. The van der Waals surface area contributed by atoms with Gasteiger partial charge in [-0.05, 0) is 40.6 Å². The fourth-order valence-electron chi connectivity index (χ4n) is 1.63. The number of carboxylic acid groups (broad SMARTS) is 1. The van der Waals surface area contributed by atoms with Crippen LogP contribution >= 0.6 is 0 Å². The van der Waals surface area contributed by atoms with Crippen LogP contribution in [0.1, 0.15) is 5.56 Å². The molecule has 0 saturated carbocycles. The van der Waals surface area contributed by atoms with Crippen LogP contribution in [-0.2, 0) is 4.79 Å². The third-order valence-electron chi connectivity index (χ3n) is 2.49. The summed E-state index contributed by atoms with van der Waals surface area (Å²) in [5.41, 5.74) is 0.254. The summed E-state index contributed by atoms with van der Waals surface area (Å²) >= 11 is 0. The number of nitrogens with zero attached hydrogens (tertiary/aromatic N) is 1. The first-order valence-corrected chi connectivity index (χ1v) is 5.14. The molecular weight excluding hydrogens is 233 g/mol. The van der Waals surface area contributed by atoms with E-state index in [2.05, 4.69) is 0 Å². The zero-order valence-electron chi connectivity index (χ0n) is 9.22. The zero-order valence-corrected chi connectivity index (χ0v) is 9.22. The van der Waals surface area contributed by atoms with Gasteiger partial charge in [-0.25, -0.2) is 9.18 Å². The van der Waals surface area contributed by atoms with Crippen LogP contribution in [0.3, 0.4) is 0 Å². The van der Waals surface area contributed by atoms with Crippen molar-refractivity contribution < 1.29 is 14.3 Å². The van der Waals surface area contributed by atoms with Gasteiger partial charge in [-0.1, -0.05) is 18.2 Å². The molecule has 0 heterocycles. The topological polar surface area (TPSA) is 61.1 Å². The number of carboxylic acids is 1. The van der Waals surface area contributed by atoms with Gasteiger partial charge in [0.1, 0.15) is 17.5 Å². The van der Waals surface area contributed by atoms with Crippen molar-refractivity contribution in [2.75, 3.05) is 0 Å². The Bertz CT molecular complexity index is 698. The van der Waals surface area contributed by atoms with E-state index >= 15 is 0 Å². The molecule has 2 rings (SSSR count). The first kappa shape index (κ1) is 11.8. The number of fused-ring (bicyclic) bond motifs is 1. The van der Waals surface area contributed by atoms with Gasteiger partial charge < -0.3 is 5.11 Å². The van der Waals surface area contributed by atoms with E-state index in [1.807, 2.05) is 0 Å². The molecule has 0 spiro atoms. The lowest BCUT2D eigenvalue weighted by molar-refractivity contribution is -0.132. The number of rotatable bonds is 2. The number of nitriles is 1. The van der Waals surface area contributed by atoms with Crippen LogP contribution in [-0.4, -0.2) is 11.1 Å². The van der Waals surface area contributed by atoms with Gasteiger partial charge in [0.15, 0.2) is 0 Å². The predicted molar refractivity (Wildman–Crippen MR) is 65.1 cm³/mol. The monoisotopic (exact) mass is 241 g/mol. The molecule has 2 aromatic rings. The molecule has 0 saturated heterocycles. The highest BCUT2D eigenvalue weighted by Gasteiger charge is 2.05. The van der Waals surface area contributed by atoms with Crippen molar-refractivity contribution in [1.29, 1.82) is 5.26 Å². The van der Waals surface area contributed by atoms with E-state index < -0.39 is 5.97 Å². The molecule has 0 bridgehead atoms. The van der Waals surface area contributed by atoms with E-state index in [-0.39, 0.29) is 11.4 Å². The molecule has 0 atom stereocenters. The molecule has 0 aliphatic heterocycles. The lowest BCUT2D eigenvalue weighted by Gasteiger charge is -2.00. The van der Waals surface area contributed by atoms with Gasteiger partial charge >= 0.3 is 5.97 Å². The third kappa shape index (κ3) is 2.36. The quantitative estimate of drug-likeness (QED) is 0.649. The van der Waals surface area contributed by atoms with Gasteiger partial charge in [-0.15, -0.1) is 0 Å². The second-order valence-electron chi connectivity index (χ2n) is 3.73. The van der Waals surface area contributed by atoms with Crippen LogP contribution in [0.5, 0.6) is 0 Å². The summed E-state index contributed by atoms with van der Waals surface area (Å²) in [4.78, 5) is 10.7. The minimum absolute atomic E-state index is 0.325. The summed E-state index contributed by atoms with van der Waals surface area (Å²) < 4.78 is 13.0. The number of halogens is 1. The standard InChI is InChI=1S/C14H8FNO2/c15-13-4-3-10-5-9(1-2-11(10)7-13)6-12(8-16)14(17)18/h1-7H,(H,17,18)/b12-6+. The van der Waals surface area contributed by atoms with E-state index in [4.69, 9.17) is 10.4 Å². The Morgan fingerprint density at radius 2 is 1.89 bits per heavy atom. The minimum Gasteiger partial charge on any atom is -0.477 e. The summed E-state index contributed by atoms with van der Waals surface area (Å²) in [5, 5.41) is 18.9. The van der Waals surface area contributed by atoms with Gasteiger partial charge in [0.05, 0.1) is 0 Å². The Balaban J connectivity index is 2.52. The summed E-state index contributed by atoms with van der Waals surface area (Å²) in [7, 11) is 0. The second-order valence-corrected chi connectivity index (χ2v) is 3.73. The maximum absolute atomic E-state index is 13.0. The molecule has 4 heteroatoms. The van der Waals surface area contributed by atoms with Crippen molar-refractivity contribution in [1.82, 2.24) is 0 Å². The fourth-order valence-corrected chi connectivity index (χ4v) is 1.63. The first-order chi connectivity index (χ1) is 8.60. The van der Waals surface area contributed by atoms with Crippen LogP contribution in [0, 0.1) is 17.1 Å². The number of carbonyl (C=O) groups is 1. The van der Waals surface area contributed by atoms with Crippen molar-refractivity contribution in [2.45, 2.75) is 0 Å². The Labute approximate surface area is 102 Å². The predicted octanol–water partition coefficient (Wildman–Crippen LogP) is 2.97. The SMILES string of the molecule is N#C/C(=C\c1ccc2cc(F)ccc2c1)C(=O)O. The molecule has 1 N–H and O–H groups in total. The molecule has 2 aromatic carbocycles. The van der Waals surface area contributed by atoms with Gasteiger partial charge in [-0.3, -0.25) is 0 Å². The Hall–Kier alpha value is -2.67. The summed E-state index contributed by atoms with van der Waals surface area (Å²) in [6, 6.07) is 11.0. The maximum atomic E-state index is 13.0. The molecular formula is C14H8FNO2. The lowest BCUT2D eigenvalue weighted by Crippen LogP contribution is -1.97. The minimum atomic E-state index is -1.27. The van der Waals surface area contributed by atoms with Gasteiger partial charge in [0, 0.05) is 0 Å². The largest absolute Gasteiger partial charge is 0.477 e. The highest BCUT2D eigenvalue weighted by Crippen LogP contribution is 2.19. The molecule has 0 radical (unpaired) electrons. The van der Waals surface area contributed by atoms with Crippen LogP contribution < -0.4 is 0 Å². The third-order valence-corrected chi connectivity index (χ3v) is 2.49. The van der Waals surface area contributed by atoms with Crippen LogP contribution in [0.4, 0.5) is 4.39 Å². The van der Waals surface area contributed by atoms with Crippen LogP contribution in [0.15, 0.2) is 42.0 Å². The van der Waals surface area contributed by atoms with Crippen LogP contribution in [0.2, 0.25) is 0 Å². The summed E-state index contributed by atoms with van der Waals surface area (Å²) in [6.07, 6.45) is 1.28. The van der Waals surface area contributed by atoms with E-state index in [9.17, 15) is 9.18 Å². The zero-order chi connectivity index (χ0) is 13.1. The van der Waals surface area contributed by atoms with Crippen molar-refractivity contribution in [2.24, 2.45) is 0 Å². The van der Waals surface area contributed by atoms with Gasteiger partial charge in [0.2, 0.25) is 0 Å². The van der Waals surface area contributed by atoms with Crippen molar-refractivity contribution in [3.05, 3.63) is 53.4 Å². The van der Waals surface area contributed by atoms with E-state index in [1.54, 1.807) is 30.3 Å². The van der Waals surface area contributed by atoms with Gasteiger partial charge in [0.25, 0.3) is 0 Å². The number of hydrogen-bond donors (Lipinski definition) is 1. The average Bonchev–Trinajstić information content (AvgIpc) is 2.35. The normalized spacial score (nSPS) is 11.2. The Kier molecular flexibility index (Phi) is 3.07. The molecule has 3 nitrogen and oxygen atoms in total. The fraction of sp³-hybridized carbons (Fsp3) is 0. The van der Waals surface area contributed by atoms with E-state index in [1.165, 1.54) is 18.2 Å². The second kappa shape index (κ2) is 4.68. The molecule has 18 heavy (non-hydrogen) atoms. The Morgan fingerprint density at radius 1 is 1.22 bits per heavy atom. The molecule has 0 aliphatic rings. The lowest BCUT2D eigenvalue weighted by atomic mass is 10.1. The van der Waals surface area contributed by atoms with Crippen molar-refractivity contribution >= 4 is 22.8 Å². The number of aliphatic carboxylic acids is 1. The molecule has 88 valence electrons. The Morgan fingerprint density at radius 3 is 2.56 bits per heavy atom. The smallest absolute Gasteiger partial charge is 0.346 e. The summed E-state index contributed by atoms with van der Waals surface area (Å²) in [5.74, 6) is -1.59. The number of benzene rings is 2. The first-order valence-electron chi connectivity index (χ1n) is 5.14. The molecule has 0 aromatic heterocycles. The van der Waals surface area contributed by atoms with Crippen LogP contribution in [0.25, 0.3) is 16.8 Å². The number of hydrogen-bond acceptors (Lipinski definition) is 2. The van der Waals surface area contributed by atoms with Gasteiger partial charge in [-0.2, -0.15) is 5.26 Å². The van der Waals surface area contributed by atoms with E-state index in [0.29, 0.717) is 5.56 Å². The highest BCUT2D eigenvalue weighted by atomic mass is 19.1. The van der Waals surface area contributed by atoms with Crippen molar-refractivity contribution in [3.63, 3.8) is 0 Å². The molecule has 0 aliphatic carbocycles. The van der Waals surface area contributed by atoms with Crippen molar-refractivity contribution in [3.8, 4) is 6.07 Å². The molecule has 0 amide bonds. The van der Waals surface area contributed by atoms with E-state index in [0.717, 1.165) is 10.8 Å². The summed E-state index contributed by atoms with van der Waals surface area (Å²) in [6.45, 7) is 0. The average molecular weight is 241 g/mol.